The Kier molecular flexibility index (Phi) is 1.49. The zero-order chi connectivity index (χ0) is 9.54. The molecule has 0 unspecified atom stereocenters. The molecule has 0 aliphatic carbocycles. The van der Waals surface area contributed by atoms with Gasteiger partial charge in [-0.1, -0.05) is 0 Å². The van der Waals surface area contributed by atoms with Crippen molar-refractivity contribution in [3.8, 4) is 0 Å². The third kappa shape index (κ3) is 0.927. The summed E-state index contributed by atoms with van der Waals surface area (Å²) in [6.45, 7) is 2.19. The first kappa shape index (κ1) is 7.75. The van der Waals surface area contributed by atoms with Crippen LogP contribution in [-0.4, -0.2) is 21.1 Å². The van der Waals surface area contributed by atoms with E-state index in [1.54, 1.807) is 0 Å². The zero-order valence-corrected chi connectivity index (χ0v) is 7.60. The molecule has 0 spiro atoms. The molecule has 0 radical (unpaired) electrons. The molecule has 0 bridgehead atoms. The van der Waals surface area contributed by atoms with E-state index in [4.69, 9.17) is 10.5 Å². The molecule has 0 saturated carbocycles. The van der Waals surface area contributed by atoms with Crippen molar-refractivity contribution in [2.45, 2.75) is 13.2 Å². The molecule has 2 aromatic heterocycles. The Morgan fingerprint density at radius 3 is 3.29 bits per heavy atom. The van der Waals surface area contributed by atoms with E-state index < -0.39 is 0 Å². The molecule has 1 aliphatic heterocycles. The molecule has 0 atom stereocenters. The largest absolute Gasteiger partial charge is 0.382 e. The molecule has 3 rings (SSSR count). The van der Waals surface area contributed by atoms with E-state index in [9.17, 15) is 0 Å². The van der Waals surface area contributed by atoms with Crippen LogP contribution in [0.25, 0.3) is 11.0 Å². The number of nitrogens with zero attached hydrogens (tertiary/aromatic N) is 3. The van der Waals surface area contributed by atoms with Crippen LogP contribution in [0.15, 0.2) is 12.4 Å². The lowest BCUT2D eigenvalue weighted by molar-refractivity contribution is 0.0865. The van der Waals surface area contributed by atoms with Crippen LogP contribution in [0.2, 0.25) is 0 Å². The summed E-state index contributed by atoms with van der Waals surface area (Å²) in [4.78, 5) is 8.17. The van der Waals surface area contributed by atoms with Crippen molar-refractivity contribution in [2.75, 3.05) is 12.3 Å². The van der Waals surface area contributed by atoms with Gasteiger partial charge in [0.25, 0.3) is 0 Å². The number of hydrogen-bond acceptors (Lipinski definition) is 4. The van der Waals surface area contributed by atoms with E-state index >= 15 is 0 Å². The van der Waals surface area contributed by atoms with Gasteiger partial charge >= 0.3 is 0 Å². The van der Waals surface area contributed by atoms with Crippen molar-refractivity contribution >= 4 is 16.9 Å². The average molecular weight is 190 g/mol. The van der Waals surface area contributed by atoms with Crippen LogP contribution in [0, 0.1) is 0 Å². The van der Waals surface area contributed by atoms with Crippen LogP contribution in [0.5, 0.6) is 0 Å². The van der Waals surface area contributed by atoms with Crippen molar-refractivity contribution in [1.82, 2.24) is 14.5 Å². The highest BCUT2D eigenvalue weighted by molar-refractivity contribution is 5.86. The summed E-state index contributed by atoms with van der Waals surface area (Å²) < 4.78 is 7.49. The van der Waals surface area contributed by atoms with Gasteiger partial charge in [0.05, 0.1) is 18.7 Å². The quantitative estimate of drug-likeness (QED) is 0.658. The van der Waals surface area contributed by atoms with Gasteiger partial charge in [0.15, 0.2) is 5.82 Å². The second-order valence-electron chi connectivity index (χ2n) is 3.33. The molecule has 0 amide bonds. The Bertz CT molecular complexity index is 491. The third-order valence-corrected chi connectivity index (χ3v) is 2.51. The van der Waals surface area contributed by atoms with Gasteiger partial charge in [-0.3, -0.25) is 0 Å². The van der Waals surface area contributed by atoms with Crippen LogP contribution in [0.1, 0.15) is 5.69 Å². The van der Waals surface area contributed by atoms with E-state index in [0.29, 0.717) is 12.4 Å². The first-order valence-electron chi connectivity index (χ1n) is 4.52. The van der Waals surface area contributed by atoms with Gasteiger partial charge in [-0.05, 0) is 6.07 Å². The van der Waals surface area contributed by atoms with Crippen molar-refractivity contribution in [3.05, 3.63) is 18.1 Å². The number of aromatic nitrogens is 3. The highest BCUT2D eigenvalue weighted by Gasteiger charge is 2.15. The smallest absolute Gasteiger partial charge is 0.151 e. The van der Waals surface area contributed by atoms with E-state index in [2.05, 4.69) is 14.5 Å². The van der Waals surface area contributed by atoms with E-state index in [0.717, 1.165) is 29.9 Å². The Balaban J connectivity index is 2.38. The van der Waals surface area contributed by atoms with Crippen LogP contribution >= 0.6 is 0 Å². The van der Waals surface area contributed by atoms with Gasteiger partial charge in [-0.25, -0.2) is 9.97 Å². The Hall–Kier alpha value is -1.62. The van der Waals surface area contributed by atoms with Crippen LogP contribution < -0.4 is 5.73 Å². The minimum absolute atomic E-state index is 0.545. The van der Waals surface area contributed by atoms with Crippen molar-refractivity contribution in [1.29, 1.82) is 0 Å². The standard InChI is InChI=1S/C9H10N4O/c10-9-8-7(11-5-12-9)3-6-4-14-2-1-13(6)8/h3,5H,1-2,4H2,(H2,10,11,12). The SMILES string of the molecule is Nc1ncnc2cc3n(c12)CCOC3. The summed E-state index contributed by atoms with van der Waals surface area (Å²) in [6.07, 6.45) is 1.49. The molecule has 3 heterocycles. The van der Waals surface area contributed by atoms with E-state index in [1.807, 2.05) is 6.07 Å². The maximum Gasteiger partial charge on any atom is 0.151 e. The lowest BCUT2D eigenvalue weighted by atomic mass is 10.4. The van der Waals surface area contributed by atoms with Crippen LogP contribution in [0.4, 0.5) is 5.82 Å². The molecule has 5 nitrogen and oxygen atoms in total. The summed E-state index contributed by atoms with van der Waals surface area (Å²) in [5.41, 5.74) is 8.77. The van der Waals surface area contributed by atoms with Gasteiger partial charge in [0, 0.05) is 12.2 Å². The molecular formula is C9H10N4O. The second kappa shape index (κ2) is 2.68. The molecule has 0 fully saturated rings. The van der Waals surface area contributed by atoms with Crippen molar-refractivity contribution < 1.29 is 4.74 Å². The number of nitrogens with two attached hydrogens (primary N) is 1. The molecule has 72 valence electrons. The third-order valence-electron chi connectivity index (χ3n) is 2.51. The molecular weight excluding hydrogens is 180 g/mol. The van der Waals surface area contributed by atoms with Gasteiger partial charge < -0.3 is 15.0 Å². The first-order chi connectivity index (χ1) is 6.86. The van der Waals surface area contributed by atoms with Crippen LogP contribution in [-0.2, 0) is 17.9 Å². The maximum absolute atomic E-state index is 5.81. The summed E-state index contributed by atoms with van der Waals surface area (Å²) in [6, 6.07) is 2.01. The van der Waals surface area contributed by atoms with Gasteiger partial charge in [0.1, 0.15) is 11.8 Å². The topological polar surface area (TPSA) is 66.0 Å². The monoisotopic (exact) mass is 190 g/mol. The molecule has 5 heteroatoms. The van der Waals surface area contributed by atoms with Gasteiger partial charge in [-0.15, -0.1) is 0 Å². The Labute approximate surface area is 80.5 Å². The van der Waals surface area contributed by atoms with Gasteiger partial charge in [-0.2, -0.15) is 0 Å². The second-order valence-corrected chi connectivity index (χ2v) is 3.33. The van der Waals surface area contributed by atoms with Crippen LogP contribution in [0.3, 0.4) is 0 Å². The maximum atomic E-state index is 5.81. The molecule has 0 saturated heterocycles. The number of ether oxygens (including phenoxy) is 1. The fraction of sp³-hybridized carbons (Fsp3) is 0.333. The number of fused-ring (bicyclic) bond motifs is 3. The summed E-state index contributed by atoms with van der Waals surface area (Å²) in [5.74, 6) is 0.545. The minimum Gasteiger partial charge on any atom is -0.382 e. The highest BCUT2D eigenvalue weighted by Crippen LogP contribution is 2.24. The molecule has 1 aliphatic rings. The number of hydrogen-bond donors (Lipinski definition) is 1. The van der Waals surface area contributed by atoms with E-state index in [-0.39, 0.29) is 0 Å². The first-order valence-corrected chi connectivity index (χ1v) is 4.52. The van der Waals surface area contributed by atoms with Crippen molar-refractivity contribution in [3.63, 3.8) is 0 Å². The number of nitrogen functional groups attached to an aromatic ring is 1. The normalized spacial score (nSPS) is 15.7. The Morgan fingerprint density at radius 1 is 1.43 bits per heavy atom. The molecule has 0 aromatic carbocycles. The average Bonchev–Trinajstić information content (AvgIpc) is 2.57. The lowest BCUT2D eigenvalue weighted by Gasteiger charge is -2.16. The minimum atomic E-state index is 0.545. The van der Waals surface area contributed by atoms with Gasteiger partial charge in [0.2, 0.25) is 0 Å². The Morgan fingerprint density at radius 2 is 2.36 bits per heavy atom. The fourth-order valence-corrected chi connectivity index (χ4v) is 1.88. The number of anilines is 1. The highest BCUT2D eigenvalue weighted by atomic mass is 16.5. The summed E-state index contributed by atoms with van der Waals surface area (Å²) in [7, 11) is 0. The fourth-order valence-electron chi connectivity index (χ4n) is 1.88. The zero-order valence-electron chi connectivity index (χ0n) is 7.60. The predicted molar refractivity (Wildman–Crippen MR) is 51.6 cm³/mol. The molecule has 14 heavy (non-hydrogen) atoms. The lowest BCUT2D eigenvalue weighted by Crippen LogP contribution is -2.16. The predicted octanol–water partition coefficient (Wildman–Crippen LogP) is 0.544. The summed E-state index contributed by atoms with van der Waals surface area (Å²) in [5, 5.41) is 0. The number of rotatable bonds is 0. The molecule has 2 N–H and O–H groups in total. The summed E-state index contributed by atoms with van der Waals surface area (Å²) >= 11 is 0. The van der Waals surface area contributed by atoms with E-state index in [1.165, 1.54) is 6.33 Å². The molecule has 2 aromatic rings. The van der Waals surface area contributed by atoms with Crippen molar-refractivity contribution in [2.24, 2.45) is 0 Å².